The number of aryl methyl sites for hydroxylation is 1. The van der Waals surface area contributed by atoms with Gasteiger partial charge in [0.1, 0.15) is 18.1 Å². The number of hydrogen-bond donors (Lipinski definition) is 2. The number of benzene rings is 3. The average molecular weight is 373 g/mol. The maximum Gasteiger partial charge on any atom is 0.119 e. The zero-order valence-corrected chi connectivity index (χ0v) is 16.5. The lowest BCUT2D eigenvalue weighted by Crippen LogP contribution is -2.10. The Hall–Kier alpha value is -3.04. The quantitative estimate of drug-likeness (QED) is 0.545. The largest absolute Gasteiger partial charge is 0.508 e. The molecule has 0 spiro atoms. The normalized spacial score (nSPS) is 11.8. The summed E-state index contributed by atoms with van der Waals surface area (Å²) in [6, 6.07) is 24.2. The molecule has 3 aromatic carbocycles. The van der Waals surface area contributed by atoms with Crippen LogP contribution in [-0.2, 0) is 0 Å². The van der Waals surface area contributed by atoms with Crippen molar-refractivity contribution in [1.82, 2.24) is 0 Å². The third-order valence-electron chi connectivity index (χ3n) is 4.74. The first kappa shape index (κ1) is 19.7. The predicted octanol–water partition coefficient (Wildman–Crippen LogP) is 5.41. The van der Waals surface area contributed by atoms with E-state index in [1.807, 2.05) is 24.3 Å². The van der Waals surface area contributed by atoms with E-state index < -0.39 is 0 Å². The van der Waals surface area contributed by atoms with Crippen LogP contribution < -0.4 is 10.5 Å². The molecule has 0 heterocycles. The molecule has 0 amide bonds. The molecule has 0 aliphatic rings. The molecule has 0 unspecified atom stereocenters. The Kier molecular flexibility index (Phi) is 6.51. The fourth-order valence-corrected chi connectivity index (χ4v) is 3.32. The third-order valence-corrected chi connectivity index (χ3v) is 4.74. The van der Waals surface area contributed by atoms with Crippen molar-refractivity contribution in [1.29, 1.82) is 0 Å². The summed E-state index contributed by atoms with van der Waals surface area (Å²) in [7, 11) is 0. The molecule has 3 heteroatoms. The first-order chi connectivity index (χ1) is 13.6. The fourth-order valence-electron chi connectivity index (χ4n) is 3.32. The van der Waals surface area contributed by atoms with Crippen molar-refractivity contribution in [2.45, 2.75) is 20.3 Å². The summed E-state index contributed by atoms with van der Waals surface area (Å²) in [5.74, 6) is 1.08. The molecule has 3 nitrogen and oxygen atoms in total. The van der Waals surface area contributed by atoms with Gasteiger partial charge in [-0.1, -0.05) is 61.0 Å². The lowest BCUT2D eigenvalue weighted by atomic mass is 9.88. The van der Waals surface area contributed by atoms with Gasteiger partial charge in [-0.05, 0) is 65.4 Å². The molecular weight excluding hydrogens is 346 g/mol. The van der Waals surface area contributed by atoms with Crippen molar-refractivity contribution in [2.75, 3.05) is 13.2 Å². The van der Waals surface area contributed by atoms with Crippen molar-refractivity contribution in [3.63, 3.8) is 0 Å². The van der Waals surface area contributed by atoms with E-state index in [0.717, 1.165) is 28.9 Å². The Bertz CT molecular complexity index is 924. The highest BCUT2D eigenvalue weighted by Gasteiger charge is 2.13. The first-order valence-corrected chi connectivity index (χ1v) is 9.65. The predicted molar refractivity (Wildman–Crippen MR) is 116 cm³/mol. The van der Waals surface area contributed by atoms with Crippen molar-refractivity contribution in [2.24, 2.45) is 5.73 Å². The van der Waals surface area contributed by atoms with Crippen molar-refractivity contribution < 1.29 is 9.84 Å². The van der Waals surface area contributed by atoms with Crippen LogP contribution in [0.1, 0.15) is 35.6 Å². The minimum Gasteiger partial charge on any atom is -0.508 e. The van der Waals surface area contributed by atoms with E-state index in [2.05, 4.69) is 50.2 Å². The first-order valence-electron chi connectivity index (χ1n) is 9.65. The molecule has 0 aromatic heterocycles. The summed E-state index contributed by atoms with van der Waals surface area (Å²) in [5.41, 5.74) is 12.6. The van der Waals surface area contributed by atoms with Gasteiger partial charge in [0, 0.05) is 6.54 Å². The molecule has 3 rings (SSSR count). The number of aromatic hydroxyl groups is 1. The number of phenolic OH excluding ortho intramolecular Hbond substituents is 1. The fraction of sp³-hybridized carbons (Fsp3) is 0.200. The van der Waals surface area contributed by atoms with Crippen LogP contribution in [0.3, 0.4) is 0 Å². The third kappa shape index (κ3) is 4.62. The van der Waals surface area contributed by atoms with Crippen molar-refractivity contribution in [3.8, 4) is 11.5 Å². The zero-order chi connectivity index (χ0) is 19.9. The van der Waals surface area contributed by atoms with E-state index in [0.29, 0.717) is 13.2 Å². The number of hydrogen-bond acceptors (Lipinski definition) is 3. The highest BCUT2D eigenvalue weighted by Crippen LogP contribution is 2.35. The molecule has 0 aliphatic carbocycles. The Morgan fingerprint density at radius 3 is 1.89 bits per heavy atom. The maximum absolute atomic E-state index is 9.73. The van der Waals surface area contributed by atoms with Crippen LogP contribution in [0.2, 0.25) is 0 Å². The lowest BCUT2D eigenvalue weighted by molar-refractivity contribution is 0.328. The lowest BCUT2D eigenvalue weighted by Gasteiger charge is -2.17. The van der Waals surface area contributed by atoms with Gasteiger partial charge in [-0.2, -0.15) is 0 Å². The highest BCUT2D eigenvalue weighted by atomic mass is 16.5. The van der Waals surface area contributed by atoms with Crippen LogP contribution >= 0.6 is 0 Å². The molecule has 0 saturated heterocycles. The van der Waals surface area contributed by atoms with Gasteiger partial charge >= 0.3 is 0 Å². The summed E-state index contributed by atoms with van der Waals surface area (Å²) in [6.07, 6.45) is 0.894. The van der Waals surface area contributed by atoms with Crippen LogP contribution in [-0.4, -0.2) is 18.3 Å². The molecule has 0 bridgehead atoms. The van der Waals surface area contributed by atoms with E-state index >= 15 is 0 Å². The Labute approximate surface area is 167 Å². The van der Waals surface area contributed by atoms with Crippen molar-refractivity contribution in [3.05, 3.63) is 95.1 Å². The zero-order valence-electron chi connectivity index (χ0n) is 16.5. The molecule has 3 N–H and O–H groups in total. The van der Waals surface area contributed by atoms with Crippen LogP contribution in [0.25, 0.3) is 11.1 Å². The standard InChI is InChI=1S/C25H27NO2/c1-3-24(19-6-4-18(2)5-7-19)25(20-8-12-22(27)13-9-20)21-10-14-23(15-11-21)28-17-16-26/h4-15,27H,3,16-17,26H2,1-2H3. The number of rotatable bonds is 7. The summed E-state index contributed by atoms with van der Waals surface area (Å²) >= 11 is 0. The molecule has 0 radical (unpaired) electrons. The van der Waals surface area contributed by atoms with Gasteiger partial charge in [0.15, 0.2) is 0 Å². The monoisotopic (exact) mass is 373 g/mol. The summed E-state index contributed by atoms with van der Waals surface area (Å²) in [5, 5.41) is 9.73. The van der Waals surface area contributed by atoms with Crippen LogP contribution in [0.5, 0.6) is 11.5 Å². The molecule has 144 valence electrons. The molecule has 3 aromatic rings. The van der Waals surface area contributed by atoms with Gasteiger partial charge in [0.25, 0.3) is 0 Å². The number of nitrogens with two attached hydrogens (primary N) is 1. The average Bonchev–Trinajstić information content (AvgIpc) is 2.73. The van der Waals surface area contributed by atoms with Crippen LogP contribution in [0.15, 0.2) is 72.8 Å². The van der Waals surface area contributed by atoms with Gasteiger partial charge in [-0.25, -0.2) is 0 Å². The minimum atomic E-state index is 0.266. The van der Waals surface area contributed by atoms with Gasteiger partial charge in [0.2, 0.25) is 0 Å². The topological polar surface area (TPSA) is 55.5 Å². The van der Waals surface area contributed by atoms with Crippen LogP contribution in [0, 0.1) is 6.92 Å². The van der Waals surface area contributed by atoms with E-state index in [4.69, 9.17) is 10.5 Å². The summed E-state index contributed by atoms with van der Waals surface area (Å²) < 4.78 is 5.62. The van der Waals surface area contributed by atoms with Crippen LogP contribution in [0.4, 0.5) is 0 Å². The minimum absolute atomic E-state index is 0.266. The van der Waals surface area contributed by atoms with E-state index in [1.165, 1.54) is 16.7 Å². The number of phenols is 1. The van der Waals surface area contributed by atoms with E-state index in [1.54, 1.807) is 12.1 Å². The van der Waals surface area contributed by atoms with E-state index in [-0.39, 0.29) is 5.75 Å². The van der Waals surface area contributed by atoms with Crippen molar-refractivity contribution >= 4 is 11.1 Å². The van der Waals surface area contributed by atoms with Gasteiger partial charge in [-0.15, -0.1) is 0 Å². The highest BCUT2D eigenvalue weighted by molar-refractivity contribution is 5.98. The van der Waals surface area contributed by atoms with E-state index in [9.17, 15) is 5.11 Å². The maximum atomic E-state index is 9.73. The summed E-state index contributed by atoms with van der Waals surface area (Å²) in [4.78, 5) is 0. The molecule has 0 fully saturated rings. The smallest absolute Gasteiger partial charge is 0.119 e. The number of allylic oxidation sites excluding steroid dienone is 1. The van der Waals surface area contributed by atoms with Gasteiger partial charge < -0.3 is 15.6 Å². The Morgan fingerprint density at radius 2 is 1.36 bits per heavy atom. The Morgan fingerprint density at radius 1 is 0.821 bits per heavy atom. The second kappa shape index (κ2) is 9.25. The Balaban J connectivity index is 2.13. The second-order valence-corrected chi connectivity index (χ2v) is 6.78. The molecule has 0 atom stereocenters. The number of ether oxygens (including phenoxy) is 1. The molecule has 28 heavy (non-hydrogen) atoms. The molecule has 0 saturated carbocycles. The SMILES string of the molecule is CCC(=C(c1ccc(O)cc1)c1ccc(OCCN)cc1)c1ccc(C)cc1. The van der Waals surface area contributed by atoms with Gasteiger partial charge in [0.05, 0.1) is 0 Å². The summed E-state index contributed by atoms with van der Waals surface area (Å²) in [6.45, 7) is 5.27. The molecular formula is C25H27NO2. The molecule has 0 aliphatic heterocycles. The van der Waals surface area contributed by atoms with Gasteiger partial charge in [-0.3, -0.25) is 0 Å². The second-order valence-electron chi connectivity index (χ2n) is 6.78.